The van der Waals surface area contributed by atoms with Gasteiger partial charge in [0.1, 0.15) is 0 Å². The molecule has 1 aliphatic rings. The maximum atomic E-state index is 12.4. The highest BCUT2D eigenvalue weighted by molar-refractivity contribution is 7.92. The predicted molar refractivity (Wildman–Crippen MR) is 80.6 cm³/mol. The summed E-state index contributed by atoms with van der Waals surface area (Å²) in [6, 6.07) is 6.34. The van der Waals surface area contributed by atoms with Crippen LogP contribution in [-0.4, -0.2) is 49.8 Å². The summed E-state index contributed by atoms with van der Waals surface area (Å²) >= 11 is 0. The zero-order valence-electron chi connectivity index (χ0n) is 12.1. The number of aliphatic hydroxyl groups excluding tert-OH is 1. The number of piperidine rings is 1. The minimum absolute atomic E-state index is 0.0638. The number of anilines is 1. The van der Waals surface area contributed by atoms with Crippen LogP contribution in [0.2, 0.25) is 0 Å². The molecule has 1 heterocycles. The Bertz CT molecular complexity index is 612. The molecule has 1 aliphatic heterocycles. The summed E-state index contributed by atoms with van der Waals surface area (Å²) in [7, 11) is -3.32. The van der Waals surface area contributed by atoms with E-state index in [1.807, 2.05) is 6.92 Å². The Hall–Kier alpha value is -1.60. The Labute approximate surface area is 124 Å². The number of likely N-dealkylation sites (tertiary alicyclic amines) is 1. The molecule has 1 saturated heterocycles. The lowest BCUT2D eigenvalue weighted by atomic mass is 9.96. The lowest BCUT2D eigenvalue weighted by Gasteiger charge is -2.34. The fourth-order valence-corrected chi connectivity index (χ4v) is 2.96. The summed E-state index contributed by atoms with van der Waals surface area (Å²) in [5.74, 6) is -0.0338. The summed E-state index contributed by atoms with van der Waals surface area (Å²) in [5.41, 5.74) is 0.939. The average Bonchev–Trinajstić information content (AvgIpc) is 2.40. The number of hydrogen-bond acceptors (Lipinski definition) is 4. The first-order chi connectivity index (χ1) is 9.76. The molecule has 2 unspecified atom stereocenters. The third-order valence-corrected chi connectivity index (χ3v) is 4.19. The Morgan fingerprint density at radius 2 is 1.95 bits per heavy atom. The number of nitrogens with one attached hydrogen (secondary N) is 1. The lowest BCUT2D eigenvalue weighted by Crippen LogP contribution is -2.44. The number of amides is 1. The van der Waals surface area contributed by atoms with Crippen molar-refractivity contribution in [2.24, 2.45) is 5.92 Å². The summed E-state index contributed by atoms with van der Waals surface area (Å²) in [6.07, 6.45) is 1.31. The highest BCUT2D eigenvalue weighted by Gasteiger charge is 2.27. The molecule has 1 amide bonds. The summed E-state index contributed by atoms with van der Waals surface area (Å²) in [6.45, 7) is 2.99. The average molecular weight is 312 g/mol. The standard InChI is InChI=1S/C14H20N2O4S/c1-10-9-16(8-7-13(10)17)14(18)11-3-5-12(6-4-11)15-21(2,19)20/h3-6,10,13,15,17H,7-9H2,1-2H3. The van der Waals surface area contributed by atoms with Gasteiger partial charge in [0.25, 0.3) is 5.91 Å². The molecule has 2 atom stereocenters. The van der Waals surface area contributed by atoms with Gasteiger partial charge in [-0.15, -0.1) is 0 Å². The topological polar surface area (TPSA) is 86.7 Å². The van der Waals surface area contributed by atoms with E-state index < -0.39 is 10.0 Å². The van der Waals surface area contributed by atoms with Crippen LogP contribution in [0.3, 0.4) is 0 Å². The molecule has 1 aromatic carbocycles. The maximum absolute atomic E-state index is 12.4. The number of hydrogen-bond donors (Lipinski definition) is 2. The number of benzene rings is 1. The van der Waals surface area contributed by atoms with E-state index in [1.165, 1.54) is 0 Å². The summed E-state index contributed by atoms with van der Waals surface area (Å²) in [5, 5.41) is 9.69. The van der Waals surface area contributed by atoms with Crippen LogP contribution >= 0.6 is 0 Å². The largest absolute Gasteiger partial charge is 0.393 e. The van der Waals surface area contributed by atoms with E-state index >= 15 is 0 Å². The quantitative estimate of drug-likeness (QED) is 0.868. The number of carbonyl (C=O) groups is 1. The van der Waals surface area contributed by atoms with E-state index in [2.05, 4.69) is 4.72 Å². The minimum Gasteiger partial charge on any atom is -0.393 e. The lowest BCUT2D eigenvalue weighted by molar-refractivity contribution is 0.0297. The van der Waals surface area contributed by atoms with Crippen LogP contribution in [0.1, 0.15) is 23.7 Å². The first-order valence-electron chi connectivity index (χ1n) is 6.81. The number of nitrogens with zero attached hydrogens (tertiary/aromatic N) is 1. The molecule has 0 aromatic heterocycles. The van der Waals surface area contributed by atoms with Crippen LogP contribution in [0.15, 0.2) is 24.3 Å². The number of carbonyl (C=O) groups excluding carboxylic acids is 1. The van der Waals surface area contributed by atoms with Crippen molar-refractivity contribution >= 4 is 21.6 Å². The Balaban J connectivity index is 2.06. The second kappa shape index (κ2) is 6.03. The van der Waals surface area contributed by atoms with E-state index in [0.717, 1.165) is 6.26 Å². The van der Waals surface area contributed by atoms with Crippen molar-refractivity contribution in [2.75, 3.05) is 24.1 Å². The third-order valence-electron chi connectivity index (χ3n) is 3.58. The van der Waals surface area contributed by atoms with Crippen LogP contribution < -0.4 is 4.72 Å². The molecule has 7 heteroatoms. The van der Waals surface area contributed by atoms with Crippen molar-refractivity contribution in [1.82, 2.24) is 4.90 Å². The normalized spacial score (nSPS) is 22.9. The van der Waals surface area contributed by atoms with Gasteiger partial charge in [0.05, 0.1) is 12.4 Å². The van der Waals surface area contributed by atoms with Crippen LogP contribution in [0.25, 0.3) is 0 Å². The number of rotatable bonds is 3. The van der Waals surface area contributed by atoms with Crippen molar-refractivity contribution in [3.8, 4) is 0 Å². The Morgan fingerprint density at radius 1 is 1.33 bits per heavy atom. The van der Waals surface area contributed by atoms with Gasteiger partial charge < -0.3 is 10.0 Å². The van der Waals surface area contributed by atoms with Gasteiger partial charge in [-0.3, -0.25) is 9.52 Å². The molecule has 0 saturated carbocycles. The molecule has 21 heavy (non-hydrogen) atoms. The molecular weight excluding hydrogens is 292 g/mol. The van der Waals surface area contributed by atoms with E-state index in [9.17, 15) is 18.3 Å². The van der Waals surface area contributed by atoms with E-state index in [4.69, 9.17) is 0 Å². The second-order valence-electron chi connectivity index (χ2n) is 5.54. The third kappa shape index (κ3) is 4.18. The molecular formula is C14H20N2O4S. The molecule has 0 bridgehead atoms. The van der Waals surface area contributed by atoms with Gasteiger partial charge in [-0.2, -0.15) is 0 Å². The first-order valence-corrected chi connectivity index (χ1v) is 8.70. The molecule has 6 nitrogen and oxygen atoms in total. The molecule has 0 radical (unpaired) electrons. The van der Waals surface area contributed by atoms with Gasteiger partial charge in [-0.25, -0.2) is 8.42 Å². The molecule has 1 aromatic rings. The van der Waals surface area contributed by atoms with Gasteiger partial charge >= 0.3 is 0 Å². The molecule has 1 fully saturated rings. The predicted octanol–water partition coefficient (Wildman–Crippen LogP) is 0.901. The highest BCUT2D eigenvalue weighted by atomic mass is 32.2. The Kier molecular flexibility index (Phi) is 4.53. The second-order valence-corrected chi connectivity index (χ2v) is 7.28. The van der Waals surface area contributed by atoms with E-state index in [1.54, 1.807) is 29.2 Å². The first kappa shape index (κ1) is 15.8. The fourth-order valence-electron chi connectivity index (χ4n) is 2.40. The van der Waals surface area contributed by atoms with Crippen LogP contribution in [0.5, 0.6) is 0 Å². The van der Waals surface area contributed by atoms with Gasteiger partial charge in [-0.05, 0) is 36.6 Å². The van der Waals surface area contributed by atoms with Crippen molar-refractivity contribution < 1.29 is 18.3 Å². The molecule has 0 aliphatic carbocycles. The maximum Gasteiger partial charge on any atom is 0.253 e. The van der Waals surface area contributed by atoms with Crippen molar-refractivity contribution in [2.45, 2.75) is 19.4 Å². The van der Waals surface area contributed by atoms with Crippen molar-refractivity contribution in [1.29, 1.82) is 0 Å². The van der Waals surface area contributed by atoms with Crippen LogP contribution in [0, 0.1) is 5.92 Å². The fraction of sp³-hybridized carbons (Fsp3) is 0.500. The summed E-state index contributed by atoms with van der Waals surface area (Å²) in [4.78, 5) is 14.1. The Morgan fingerprint density at radius 3 is 2.48 bits per heavy atom. The molecule has 2 rings (SSSR count). The minimum atomic E-state index is -3.32. The van der Waals surface area contributed by atoms with E-state index in [0.29, 0.717) is 30.8 Å². The molecule has 0 spiro atoms. The van der Waals surface area contributed by atoms with Crippen LogP contribution in [-0.2, 0) is 10.0 Å². The monoisotopic (exact) mass is 312 g/mol. The van der Waals surface area contributed by atoms with Crippen LogP contribution in [0.4, 0.5) is 5.69 Å². The molecule has 2 N–H and O–H groups in total. The van der Waals surface area contributed by atoms with E-state index in [-0.39, 0.29) is 17.9 Å². The smallest absolute Gasteiger partial charge is 0.253 e. The van der Waals surface area contributed by atoms with Crippen molar-refractivity contribution in [3.05, 3.63) is 29.8 Å². The molecule has 116 valence electrons. The van der Waals surface area contributed by atoms with Gasteiger partial charge in [0.15, 0.2) is 0 Å². The zero-order valence-corrected chi connectivity index (χ0v) is 12.9. The number of sulfonamides is 1. The van der Waals surface area contributed by atoms with Gasteiger partial charge in [0.2, 0.25) is 10.0 Å². The van der Waals surface area contributed by atoms with Crippen molar-refractivity contribution in [3.63, 3.8) is 0 Å². The summed E-state index contributed by atoms with van der Waals surface area (Å²) < 4.78 is 24.6. The zero-order chi connectivity index (χ0) is 15.6. The highest BCUT2D eigenvalue weighted by Crippen LogP contribution is 2.19. The van der Waals surface area contributed by atoms with Gasteiger partial charge in [-0.1, -0.05) is 6.92 Å². The SMILES string of the molecule is CC1CN(C(=O)c2ccc(NS(C)(=O)=O)cc2)CCC1O. The number of aliphatic hydroxyl groups is 1. The van der Waals surface area contributed by atoms with Gasteiger partial charge in [0, 0.05) is 24.3 Å².